The number of unbranched alkanes of at least 4 members (excludes halogenated alkanes) is 19. The van der Waals surface area contributed by atoms with E-state index in [2.05, 4.69) is 26.2 Å². The Hall–Kier alpha value is -0.0400. The molecule has 204 valence electrons. The van der Waals surface area contributed by atoms with Crippen molar-refractivity contribution in [1.29, 1.82) is 0 Å². The molecule has 34 heavy (non-hydrogen) atoms. The lowest BCUT2D eigenvalue weighted by atomic mass is 9.99. The van der Waals surface area contributed by atoms with Crippen LogP contribution in [0.5, 0.6) is 0 Å². The maximum Gasteiger partial charge on any atom is 0.00640 e. The summed E-state index contributed by atoms with van der Waals surface area (Å²) >= 11 is 0. The third kappa shape index (κ3) is 20.2. The monoisotopic (exact) mass is 478 g/mol. The molecule has 1 rings (SSSR count). The zero-order chi connectivity index (χ0) is 24.5. The van der Waals surface area contributed by atoms with Crippen molar-refractivity contribution in [3.63, 3.8) is 0 Å². The molecule has 1 fully saturated rings. The fourth-order valence-corrected chi connectivity index (χ4v) is 6.02. The molecule has 1 nitrogen and oxygen atoms in total. The highest BCUT2D eigenvalue weighted by Crippen LogP contribution is 2.45. The smallest absolute Gasteiger partial charge is 0.00640 e. The Bertz CT molecular complexity index is 392. The molecule has 3 atom stereocenters. The van der Waals surface area contributed by atoms with Gasteiger partial charge in [-0.05, 0) is 38.1 Å². The maximum atomic E-state index is 3.58. The van der Waals surface area contributed by atoms with E-state index in [1.54, 1.807) is 19.3 Å². The fourth-order valence-electron chi connectivity index (χ4n) is 6.02. The van der Waals surface area contributed by atoms with Crippen molar-refractivity contribution in [3.8, 4) is 0 Å². The van der Waals surface area contributed by atoms with E-state index in [1.165, 1.54) is 154 Å². The van der Waals surface area contributed by atoms with Crippen LogP contribution in [0.1, 0.15) is 187 Å². The largest absolute Gasteiger partial charge is 0.317 e. The molecule has 1 saturated carbocycles. The summed E-state index contributed by atoms with van der Waals surface area (Å²) < 4.78 is 0. The second-order valence-corrected chi connectivity index (χ2v) is 12.0. The van der Waals surface area contributed by atoms with E-state index in [4.69, 9.17) is 0 Å². The first kappa shape index (κ1) is 32.0. The van der Waals surface area contributed by atoms with Crippen molar-refractivity contribution in [2.24, 2.45) is 11.8 Å². The molecule has 1 unspecified atom stereocenters. The van der Waals surface area contributed by atoms with Crippen LogP contribution >= 0.6 is 0 Å². The van der Waals surface area contributed by atoms with Gasteiger partial charge in [0, 0.05) is 6.04 Å². The van der Waals surface area contributed by atoms with Crippen LogP contribution in [-0.2, 0) is 0 Å². The minimum atomic E-state index is 0.771. The highest BCUT2D eigenvalue weighted by molar-refractivity contribution is 4.85. The molecule has 0 heterocycles. The first-order valence-electron chi connectivity index (χ1n) is 16.5. The van der Waals surface area contributed by atoms with Gasteiger partial charge >= 0.3 is 0 Å². The van der Waals surface area contributed by atoms with Crippen molar-refractivity contribution in [2.75, 3.05) is 7.05 Å². The van der Waals surface area contributed by atoms with Gasteiger partial charge in [-0.1, -0.05) is 168 Å². The highest BCUT2D eigenvalue weighted by atomic mass is 14.9. The minimum absolute atomic E-state index is 0.771. The molecule has 1 N–H and O–H groups in total. The van der Waals surface area contributed by atoms with E-state index >= 15 is 0 Å². The van der Waals surface area contributed by atoms with Crippen LogP contribution in [0.15, 0.2) is 0 Å². The zero-order valence-electron chi connectivity index (χ0n) is 24.3. The lowest BCUT2D eigenvalue weighted by Gasteiger charge is -2.16. The number of rotatable bonds is 28. The molecule has 0 amide bonds. The normalized spacial score (nSPS) is 18.4. The summed E-state index contributed by atoms with van der Waals surface area (Å²) in [5, 5.41) is 3.58. The Morgan fingerprint density at radius 2 is 0.794 bits per heavy atom. The van der Waals surface area contributed by atoms with Crippen LogP contribution in [0.3, 0.4) is 0 Å². The lowest BCUT2D eigenvalue weighted by molar-refractivity contribution is 0.434. The van der Waals surface area contributed by atoms with Gasteiger partial charge in [0.05, 0.1) is 0 Å². The Morgan fingerprint density at radius 1 is 0.471 bits per heavy atom. The summed E-state index contributed by atoms with van der Waals surface area (Å²) in [6.07, 6.45) is 39.6. The molecule has 0 radical (unpaired) electrons. The number of nitrogens with one attached hydrogen (secondary N) is 1. The Labute approximate surface area is 217 Å². The summed E-state index contributed by atoms with van der Waals surface area (Å²) in [5.41, 5.74) is 0. The van der Waals surface area contributed by atoms with Crippen molar-refractivity contribution in [3.05, 3.63) is 0 Å². The molecule has 0 aromatic carbocycles. The van der Waals surface area contributed by atoms with Crippen molar-refractivity contribution >= 4 is 0 Å². The van der Waals surface area contributed by atoms with Gasteiger partial charge < -0.3 is 5.32 Å². The van der Waals surface area contributed by atoms with Crippen molar-refractivity contribution in [1.82, 2.24) is 5.32 Å². The molecule has 1 heteroatoms. The predicted octanol–water partition coefficient (Wildman–Crippen LogP) is 11.4. The summed E-state index contributed by atoms with van der Waals surface area (Å²) in [7, 11) is 2.17. The van der Waals surface area contributed by atoms with Gasteiger partial charge in [-0.25, -0.2) is 0 Å². The third-order valence-electron chi connectivity index (χ3n) is 8.69. The number of hydrogen-bond acceptors (Lipinski definition) is 1. The summed E-state index contributed by atoms with van der Waals surface area (Å²) in [4.78, 5) is 0. The van der Waals surface area contributed by atoms with Crippen LogP contribution in [0.25, 0.3) is 0 Å². The first-order valence-corrected chi connectivity index (χ1v) is 16.5. The lowest BCUT2D eigenvalue weighted by Crippen LogP contribution is -2.24. The van der Waals surface area contributed by atoms with Gasteiger partial charge in [-0.15, -0.1) is 0 Å². The molecule has 1 aliphatic carbocycles. The second-order valence-electron chi connectivity index (χ2n) is 12.0. The molecule has 0 aromatic heterocycles. The molecule has 0 saturated heterocycles. The van der Waals surface area contributed by atoms with Gasteiger partial charge in [-0.2, -0.15) is 0 Å². The van der Waals surface area contributed by atoms with Crippen LogP contribution < -0.4 is 5.32 Å². The van der Waals surface area contributed by atoms with Crippen LogP contribution in [0, 0.1) is 11.8 Å². The third-order valence-corrected chi connectivity index (χ3v) is 8.69. The summed E-state index contributed by atoms with van der Waals surface area (Å²) in [6, 6.07) is 0.771. The van der Waals surface area contributed by atoms with Crippen molar-refractivity contribution in [2.45, 2.75) is 193 Å². The van der Waals surface area contributed by atoms with Crippen LogP contribution in [0.2, 0.25) is 0 Å². The molecular formula is C33H67N. The quantitative estimate of drug-likeness (QED) is 0.110. The summed E-state index contributed by atoms with van der Waals surface area (Å²) in [6.45, 7) is 4.62. The molecule has 0 spiro atoms. The summed E-state index contributed by atoms with van der Waals surface area (Å²) in [5.74, 6) is 2.26. The highest BCUT2D eigenvalue weighted by Gasteiger charge is 2.34. The van der Waals surface area contributed by atoms with Gasteiger partial charge in [-0.3, -0.25) is 0 Å². The fraction of sp³-hybridized carbons (Fsp3) is 1.00. The number of hydrogen-bond donors (Lipinski definition) is 1. The molecule has 1 aliphatic rings. The molecule has 0 aromatic rings. The molecule has 0 aliphatic heterocycles. The Kier molecular flexibility index (Phi) is 23.2. The van der Waals surface area contributed by atoms with Gasteiger partial charge in [0.25, 0.3) is 0 Å². The van der Waals surface area contributed by atoms with E-state index in [0.717, 1.165) is 17.9 Å². The van der Waals surface area contributed by atoms with Crippen molar-refractivity contribution < 1.29 is 0 Å². The predicted molar refractivity (Wildman–Crippen MR) is 156 cm³/mol. The van der Waals surface area contributed by atoms with E-state index in [1.807, 2.05) is 0 Å². The molecular weight excluding hydrogens is 410 g/mol. The average Bonchev–Trinajstić information content (AvgIpc) is 3.60. The Balaban J connectivity index is 1.76. The van der Waals surface area contributed by atoms with E-state index in [0.29, 0.717) is 0 Å². The van der Waals surface area contributed by atoms with E-state index in [-0.39, 0.29) is 0 Å². The first-order chi connectivity index (χ1) is 16.8. The molecule has 0 bridgehead atoms. The van der Waals surface area contributed by atoms with Gasteiger partial charge in [0.1, 0.15) is 0 Å². The Morgan fingerprint density at radius 3 is 1.15 bits per heavy atom. The van der Waals surface area contributed by atoms with E-state index < -0.39 is 0 Å². The topological polar surface area (TPSA) is 12.0 Å². The second kappa shape index (κ2) is 24.6. The maximum absolute atomic E-state index is 3.58. The average molecular weight is 478 g/mol. The minimum Gasteiger partial charge on any atom is -0.317 e. The van der Waals surface area contributed by atoms with E-state index in [9.17, 15) is 0 Å². The standard InChI is InChI=1S/C33H67N/c1-4-6-8-10-15-20-24-28-33(34-3)29-25-21-17-14-12-13-16-19-23-27-32-30-31(32)26-22-18-11-9-7-5-2/h31-34H,4-30H2,1-3H3/t31-,32+,33?/m1/s1. The zero-order valence-corrected chi connectivity index (χ0v) is 24.3. The van der Waals surface area contributed by atoms with Gasteiger partial charge in [0.15, 0.2) is 0 Å². The van der Waals surface area contributed by atoms with Crippen LogP contribution in [-0.4, -0.2) is 13.1 Å². The van der Waals surface area contributed by atoms with Crippen LogP contribution in [0.4, 0.5) is 0 Å². The SMILES string of the molecule is CCCCCCCCCC(CCCCCCCCCCC[C@H]1C[C@H]1CCCCCCCC)NC. The van der Waals surface area contributed by atoms with Gasteiger partial charge in [0.2, 0.25) is 0 Å².